The average molecular weight is 439 g/mol. The van der Waals surface area contributed by atoms with Gasteiger partial charge < -0.3 is 14.8 Å². The fourth-order valence-electron chi connectivity index (χ4n) is 3.79. The number of methoxy groups -OCH3 is 1. The SMILES string of the molecule is COc1cccc(-c2nc(COCC(F)(F)CCCCC3CCCCNC3)cs2)c1. The van der Waals surface area contributed by atoms with E-state index in [9.17, 15) is 8.78 Å². The van der Waals surface area contributed by atoms with E-state index in [0.717, 1.165) is 42.3 Å². The van der Waals surface area contributed by atoms with Crippen LogP contribution in [0, 0.1) is 5.92 Å². The van der Waals surface area contributed by atoms with E-state index >= 15 is 0 Å². The van der Waals surface area contributed by atoms with Gasteiger partial charge in [0, 0.05) is 17.4 Å². The maximum atomic E-state index is 14.1. The van der Waals surface area contributed by atoms with Crippen molar-refractivity contribution in [2.75, 3.05) is 26.8 Å². The van der Waals surface area contributed by atoms with Crippen molar-refractivity contribution in [2.45, 2.75) is 57.5 Å². The molecular formula is C23H32F2N2O2S. The predicted molar refractivity (Wildman–Crippen MR) is 117 cm³/mol. The highest BCUT2D eigenvalue weighted by Crippen LogP contribution is 2.28. The Morgan fingerprint density at radius 1 is 1.27 bits per heavy atom. The van der Waals surface area contributed by atoms with E-state index < -0.39 is 12.5 Å². The Hall–Kier alpha value is -1.57. The molecular weight excluding hydrogens is 406 g/mol. The van der Waals surface area contributed by atoms with Crippen LogP contribution in [-0.2, 0) is 11.3 Å². The van der Waals surface area contributed by atoms with E-state index in [-0.39, 0.29) is 13.0 Å². The van der Waals surface area contributed by atoms with Gasteiger partial charge in [-0.1, -0.05) is 25.0 Å². The number of ether oxygens (including phenoxy) is 2. The molecule has 3 rings (SSSR count). The Bertz CT molecular complexity index is 761. The molecule has 1 aliphatic heterocycles. The van der Waals surface area contributed by atoms with Crippen LogP contribution < -0.4 is 10.1 Å². The van der Waals surface area contributed by atoms with Gasteiger partial charge in [-0.05, 0) is 56.8 Å². The summed E-state index contributed by atoms with van der Waals surface area (Å²) in [7, 11) is 1.62. The largest absolute Gasteiger partial charge is 0.497 e. The van der Waals surface area contributed by atoms with Crippen LogP contribution in [0.5, 0.6) is 5.75 Å². The van der Waals surface area contributed by atoms with Gasteiger partial charge in [-0.15, -0.1) is 11.3 Å². The average Bonchev–Trinajstić information content (AvgIpc) is 3.06. The molecule has 1 N–H and O–H groups in total. The molecule has 2 heterocycles. The molecule has 0 aliphatic carbocycles. The lowest BCUT2D eigenvalue weighted by Gasteiger charge is -2.17. The van der Waals surface area contributed by atoms with E-state index in [1.807, 2.05) is 29.6 Å². The highest BCUT2D eigenvalue weighted by Gasteiger charge is 2.28. The van der Waals surface area contributed by atoms with Gasteiger partial charge in [0.25, 0.3) is 5.92 Å². The number of nitrogens with one attached hydrogen (secondary N) is 1. The van der Waals surface area contributed by atoms with Gasteiger partial charge >= 0.3 is 0 Å². The van der Waals surface area contributed by atoms with Gasteiger partial charge in [0.05, 0.1) is 19.4 Å². The van der Waals surface area contributed by atoms with Crippen molar-refractivity contribution in [3.63, 3.8) is 0 Å². The molecule has 1 fully saturated rings. The number of hydrogen-bond donors (Lipinski definition) is 1. The summed E-state index contributed by atoms with van der Waals surface area (Å²) in [5.41, 5.74) is 1.62. The second-order valence-electron chi connectivity index (χ2n) is 8.04. The smallest absolute Gasteiger partial charge is 0.271 e. The van der Waals surface area contributed by atoms with Crippen molar-refractivity contribution < 1.29 is 18.3 Å². The van der Waals surface area contributed by atoms with Crippen molar-refractivity contribution in [3.05, 3.63) is 35.3 Å². The summed E-state index contributed by atoms with van der Waals surface area (Å²) in [6.45, 7) is 1.67. The highest BCUT2D eigenvalue weighted by molar-refractivity contribution is 7.13. The number of hydrogen-bond acceptors (Lipinski definition) is 5. The molecule has 1 saturated heterocycles. The minimum Gasteiger partial charge on any atom is -0.497 e. The quantitative estimate of drug-likeness (QED) is 0.442. The number of aromatic nitrogens is 1. The summed E-state index contributed by atoms with van der Waals surface area (Å²) in [5, 5.41) is 6.12. The van der Waals surface area contributed by atoms with Crippen LogP contribution in [-0.4, -0.2) is 37.7 Å². The number of alkyl halides is 2. The van der Waals surface area contributed by atoms with Crippen molar-refractivity contribution >= 4 is 11.3 Å². The monoisotopic (exact) mass is 438 g/mol. The van der Waals surface area contributed by atoms with Crippen molar-refractivity contribution in [1.82, 2.24) is 10.3 Å². The van der Waals surface area contributed by atoms with Crippen LogP contribution in [0.3, 0.4) is 0 Å². The summed E-state index contributed by atoms with van der Waals surface area (Å²) in [6.07, 6.45) is 6.03. The highest BCUT2D eigenvalue weighted by atomic mass is 32.1. The van der Waals surface area contributed by atoms with E-state index in [0.29, 0.717) is 18.0 Å². The van der Waals surface area contributed by atoms with E-state index in [2.05, 4.69) is 10.3 Å². The van der Waals surface area contributed by atoms with Crippen molar-refractivity contribution in [3.8, 4) is 16.3 Å². The summed E-state index contributed by atoms with van der Waals surface area (Å²) in [4.78, 5) is 4.50. The number of nitrogens with zero attached hydrogens (tertiary/aromatic N) is 1. The first-order valence-electron chi connectivity index (χ1n) is 10.8. The minimum absolute atomic E-state index is 0.101. The Morgan fingerprint density at radius 3 is 3.03 bits per heavy atom. The molecule has 1 aliphatic rings. The number of thiazole rings is 1. The number of halogens is 2. The van der Waals surface area contributed by atoms with Crippen LogP contribution in [0.15, 0.2) is 29.6 Å². The fraction of sp³-hybridized carbons (Fsp3) is 0.609. The lowest BCUT2D eigenvalue weighted by molar-refractivity contribution is -0.0883. The first-order chi connectivity index (χ1) is 14.6. The Labute approximate surface area is 182 Å². The van der Waals surface area contributed by atoms with Gasteiger partial charge in [-0.2, -0.15) is 0 Å². The Kier molecular flexibility index (Phi) is 9.03. The van der Waals surface area contributed by atoms with Gasteiger partial charge in [0.2, 0.25) is 0 Å². The second kappa shape index (κ2) is 11.7. The normalized spacial score (nSPS) is 17.6. The number of rotatable bonds is 11. The van der Waals surface area contributed by atoms with E-state index in [1.165, 1.54) is 30.6 Å². The summed E-state index contributed by atoms with van der Waals surface area (Å²) in [6, 6.07) is 7.63. The molecule has 0 radical (unpaired) electrons. The van der Waals surface area contributed by atoms with Crippen LogP contribution >= 0.6 is 11.3 Å². The first-order valence-corrected chi connectivity index (χ1v) is 11.7. The second-order valence-corrected chi connectivity index (χ2v) is 8.89. The third kappa shape index (κ3) is 7.60. The standard InChI is InChI=1S/C23H32F2N2O2S/c1-28-21-10-6-9-19(13-21)22-27-20(16-30-22)15-29-17-23(24,25)11-4-2-7-18-8-3-5-12-26-14-18/h6,9-10,13,16,18,26H,2-5,7-8,11-12,14-15,17H2,1H3. The Balaban J connectivity index is 1.36. The van der Waals surface area contributed by atoms with Crippen molar-refractivity contribution in [2.24, 2.45) is 5.92 Å². The maximum Gasteiger partial charge on any atom is 0.271 e. The van der Waals surface area contributed by atoms with Gasteiger partial charge in [0.1, 0.15) is 17.4 Å². The van der Waals surface area contributed by atoms with Crippen molar-refractivity contribution in [1.29, 1.82) is 0 Å². The van der Waals surface area contributed by atoms with Crippen LogP contribution in [0.1, 0.15) is 50.6 Å². The number of unbranched alkanes of at least 4 members (excludes halogenated alkanes) is 1. The molecule has 2 aromatic rings. The summed E-state index contributed by atoms with van der Waals surface area (Å²) < 4.78 is 38.8. The van der Waals surface area contributed by atoms with E-state index in [1.54, 1.807) is 7.11 Å². The van der Waals surface area contributed by atoms with Crippen LogP contribution in [0.25, 0.3) is 10.6 Å². The van der Waals surface area contributed by atoms with Gasteiger partial charge in [-0.3, -0.25) is 0 Å². The topological polar surface area (TPSA) is 43.4 Å². The molecule has 1 unspecified atom stereocenters. The van der Waals surface area contributed by atoms with Crippen LogP contribution in [0.2, 0.25) is 0 Å². The molecule has 4 nitrogen and oxygen atoms in total. The maximum absolute atomic E-state index is 14.1. The molecule has 1 aromatic carbocycles. The molecule has 0 bridgehead atoms. The molecule has 30 heavy (non-hydrogen) atoms. The molecule has 166 valence electrons. The van der Waals surface area contributed by atoms with Crippen LogP contribution in [0.4, 0.5) is 8.78 Å². The summed E-state index contributed by atoms with van der Waals surface area (Å²) >= 11 is 1.47. The first kappa shape index (κ1) is 23.1. The lowest BCUT2D eigenvalue weighted by Crippen LogP contribution is -2.24. The number of benzene rings is 1. The molecule has 1 aromatic heterocycles. The van der Waals surface area contributed by atoms with E-state index in [4.69, 9.17) is 9.47 Å². The molecule has 1 atom stereocenters. The zero-order chi connectivity index (χ0) is 21.2. The lowest BCUT2D eigenvalue weighted by atomic mass is 9.96. The third-order valence-corrected chi connectivity index (χ3v) is 6.43. The zero-order valence-corrected chi connectivity index (χ0v) is 18.5. The van der Waals surface area contributed by atoms with Gasteiger partial charge in [-0.25, -0.2) is 13.8 Å². The molecule has 0 saturated carbocycles. The molecule has 0 amide bonds. The van der Waals surface area contributed by atoms with Gasteiger partial charge in [0.15, 0.2) is 0 Å². The fourth-order valence-corrected chi connectivity index (χ4v) is 4.59. The minimum atomic E-state index is -2.78. The predicted octanol–water partition coefficient (Wildman–Crippen LogP) is 5.92. The third-order valence-electron chi connectivity index (χ3n) is 5.49. The Morgan fingerprint density at radius 2 is 2.17 bits per heavy atom. The molecule has 7 heteroatoms. The molecule has 0 spiro atoms. The zero-order valence-electron chi connectivity index (χ0n) is 17.7. The summed E-state index contributed by atoms with van der Waals surface area (Å²) in [5.74, 6) is -1.39.